The van der Waals surface area contributed by atoms with Gasteiger partial charge in [-0.25, -0.2) is 0 Å². The highest BCUT2D eigenvalue weighted by atomic mass is 32.2. The predicted molar refractivity (Wildman–Crippen MR) is 159 cm³/mol. The summed E-state index contributed by atoms with van der Waals surface area (Å²) in [6.07, 6.45) is 0. The molecule has 1 aliphatic carbocycles. The molecule has 0 N–H and O–H groups in total. The Labute approximate surface area is 225 Å². The zero-order valence-electron chi connectivity index (χ0n) is 21.2. The van der Waals surface area contributed by atoms with Gasteiger partial charge < -0.3 is 0 Å². The van der Waals surface area contributed by atoms with Crippen molar-refractivity contribution in [3.63, 3.8) is 0 Å². The van der Waals surface area contributed by atoms with Crippen LogP contribution in [0, 0.1) is 0 Å². The standard InChI is InChI=1S/C35H24N2S/c1-35(2)26-13-5-3-10-22(26)25-20-21(18-19-27(25)35)36-28-14-6-4-11-23(28)32-24-12-9-17-31-33(24)37(34(32)36)29-15-7-8-16-30(29)38-31/h3-20H,1-2H3. The minimum Gasteiger partial charge on any atom is -0.295 e. The molecule has 0 radical (unpaired) electrons. The largest absolute Gasteiger partial charge is 0.295 e. The minimum atomic E-state index is -0.000664. The van der Waals surface area contributed by atoms with E-state index in [0.717, 1.165) is 0 Å². The maximum atomic E-state index is 2.51. The van der Waals surface area contributed by atoms with Gasteiger partial charge in [-0.3, -0.25) is 9.13 Å². The van der Waals surface area contributed by atoms with Crippen molar-refractivity contribution in [2.45, 2.75) is 29.1 Å². The van der Waals surface area contributed by atoms with Crippen molar-refractivity contribution in [1.82, 2.24) is 9.13 Å². The van der Waals surface area contributed by atoms with Crippen LogP contribution in [-0.2, 0) is 5.41 Å². The molecule has 1 aliphatic heterocycles. The third kappa shape index (κ3) is 2.41. The Morgan fingerprint density at radius 2 is 1.34 bits per heavy atom. The molecule has 3 heteroatoms. The number of para-hydroxylation sites is 3. The van der Waals surface area contributed by atoms with E-state index >= 15 is 0 Å². The van der Waals surface area contributed by atoms with Gasteiger partial charge in [0.1, 0.15) is 5.65 Å². The summed E-state index contributed by atoms with van der Waals surface area (Å²) < 4.78 is 5.01. The van der Waals surface area contributed by atoms with Gasteiger partial charge in [0.15, 0.2) is 0 Å². The molecule has 0 saturated heterocycles. The molecule has 2 aromatic heterocycles. The lowest BCUT2D eigenvalue weighted by Crippen LogP contribution is -2.14. The van der Waals surface area contributed by atoms with Gasteiger partial charge in [0.2, 0.25) is 0 Å². The van der Waals surface area contributed by atoms with Crippen LogP contribution in [0.15, 0.2) is 119 Å². The minimum absolute atomic E-state index is 0.000664. The van der Waals surface area contributed by atoms with E-state index in [1.807, 2.05) is 11.8 Å². The highest BCUT2D eigenvalue weighted by molar-refractivity contribution is 7.99. The summed E-state index contributed by atoms with van der Waals surface area (Å²) in [7, 11) is 0. The lowest BCUT2D eigenvalue weighted by atomic mass is 9.82. The molecule has 0 saturated carbocycles. The van der Waals surface area contributed by atoms with E-state index < -0.39 is 0 Å². The summed E-state index contributed by atoms with van der Waals surface area (Å²) in [5.41, 5.74) is 11.8. The first kappa shape index (κ1) is 20.8. The van der Waals surface area contributed by atoms with E-state index in [2.05, 4.69) is 132 Å². The van der Waals surface area contributed by atoms with Crippen LogP contribution in [0.2, 0.25) is 0 Å². The Bertz CT molecular complexity index is 2140. The summed E-state index contributed by atoms with van der Waals surface area (Å²) in [6.45, 7) is 4.70. The molecular weight excluding hydrogens is 480 g/mol. The fourth-order valence-corrected chi connectivity index (χ4v) is 8.13. The summed E-state index contributed by atoms with van der Waals surface area (Å²) >= 11 is 1.88. The maximum Gasteiger partial charge on any atom is 0.131 e. The van der Waals surface area contributed by atoms with E-state index in [4.69, 9.17) is 0 Å². The number of rotatable bonds is 1. The van der Waals surface area contributed by atoms with Crippen LogP contribution in [0.1, 0.15) is 25.0 Å². The predicted octanol–water partition coefficient (Wildman–Crippen LogP) is 9.50. The third-order valence-corrected chi connectivity index (χ3v) is 9.82. The average molecular weight is 505 g/mol. The van der Waals surface area contributed by atoms with Crippen molar-refractivity contribution >= 4 is 44.6 Å². The molecule has 2 nitrogen and oxygen atoms in total. The molecule has 0 unspecified atom stereocenters. The molecule has 3 heterocycles. The Balaban J connectivity index is 1.46. The monoisotopic (exact) mass is 504 g/mol. The van der Waals surface area contributed by atoms with Crippen molar-refractivity contribution in [2.24, 2.45) is 0 Å². The average Bonchev–Trinajstić information content (AvgIpc) is 3.54. The molecule has 5 aromatic carbocycles. The van der Waals surface area contributed by atoms with Crippen LogP contribution in [-0.4, -0.2) is 9.13 Å². The highest BCUT2D eigenvalue weighted by Gasteiger charge is 2.35. The fourth-order valence-electron chi connectivity index (χ4n) is 7.04. The summed E-state index contributed by atoms with van der Waals surface area (Å²) in [4.78, 5) is 2.61. The van der Waals surface area contributed by atoms with Crippen LogP contribution in [0.5, 0.6) is 0 Å². The van der Waals surface area contributed by atoms with Crippen molar-refractivity contribution in [3.05, 3.63) is 120 Å². The van der Waals surface area contributed by atoms with Crippen LogP contribution in [0.3, 0.4) is 0 Å². The molecule has 0 amide bonds. The van der Waals surface area contributed by atoms with Gasteiger partial charge in [-0.05, 0) is 58.7 Å². The van der Waals surface area contributed by atoms with Crippen molar-refractivity contribution < 1.29 is 0 Å². The molecular formula is C35H24N2S. The van der Waals surface area contributed by atoms with Crippen molar-refractivity contribution in [2.75, 3.05) is 0 Å². The van der Waals surface area contributed by atoms with E-state index in [9.17, 15) is 0 Å². The number of hydrogen-bond donors (Lipinski definition) is 0. The number of benzene rings is 5. The second-order valence-corrected chi connectivity index (χ2v) is 12.1. The molecule has 0 spiro atoms. The van der Waals surface area contributed by atoms with Gasteiger partial charge in [0.25, 0.3) is 0 Å². The lowest BCUT2D eigenvalue weighted by molar-refractivity contribution is 0.660. The molecule has 0 bridgehead atoms. The van der Waals surface area contributed by atoms with Crippen LogP contribution in [0.25, 0.3) is 55.3 Å². The zero-order chi connectivity index (χ0) is 25.2. The third-order valence-electron chi connectivity index (χ3n) is 8.70. The van der Waals surface area contributed by atoms with Crippen molar-refractivity contribution in [1.29, 1.82) is 0 Å². The Morgan fingerprint density at radius 1 is 0.605 bits per heavy atom. The first-order valence-corrected chi connectivity index (χ1v) is 14.0. The van der Waals surface area contributed by atoms with Crippen LogP contribution >= 0.6 is 11.8 Å². The molecule has 2 aliphatic rings. The first-order valence-electron chi connectivity index (χ1n) is 13.2. The van der Waals surface area contributed by atoms with E-state index in [0.29, 0.717) is 0 Å². The Morgan fingerprint density at radius 3 is 2.29 bits per heavy atom. The molecule has 7 aromatic rings. The van der Waals surface area contributed by atoms with Gasteiger partial charge in [-0.2, -0.15) is 0 Å². The van der Waals surface area contributed by atoms with E-state index in [-0.39, 0.29) is 5.41 Å². The molecule has 0 fully saturated rings. The molecule has 9 rings (SSSR count). The van der Waals surface area contributed by atoms with Gasteiger partial charge in [0.05, 0.1) is 16.7 Å². The molecule has 38 heavy (non-hydrogen) atoms. The van der Waals surface area contributed by atoms with Crippen molar-refractivity contribution in [3.8, 4) is 22.5 Å². The van der Waals surface area contributed by atoms with Gasteiger partial charge in [-0.1, -0.05) is 98.4 Å². The number of hydrogen-bond acceptors (Lipinski definition) is 1. The van der Waals surface area contributed by atoms with Crippen LogP contribution < -0.4 is 0 Å². The summed E-state index contributed by atoms with van der Waals surface area (Å²) in [5, 5.41) is 3.95. The maximum absolute atomic E-state index is 2.51. The van der Waals surface area contributed by atoms with E-state index in [1.54, 1.807) is 0 Å². The topological polar surface area (TPSA) is 9.86 Å². The quantitative estimate of drug-likeness (QED) is 0.216. The Hall–Kier alpha value is -4.21. The Kier molecular flexibility index (Phi) is 3.83. The number of nitrogens with zero attached hydrogens (tertiary/aromatic N) is 2. The van der Waals surface area contributed by atoms with E-state index in [1.165, 1.54) is 76.3 Å². The second-order valence-electron chi connectivity index (χ2n) is 11.0. The van der Waals surface area contributed by atoms with Gasteiger partial charge >= 0.3 is 0 Å². The summed E-state index contributed by atoms with van der Waals surface area (Å²) in [5.74, 6) is 0. The molecule has 0 atom stereocenters. The highest BCUT2D eigenvalue weighted by Crippen LogP contribution is 2.51. The number of fused-ring (bicyclic) bond motifs is 10. The van der Waals surface area contributed by atoms with Crippen LogP contribution in [0.4, 0.5) is 0 Å². The second kappa shape index (κ2) is 7.00. The fraction of sp³-hybridized carbons (Fsp3) is 0.0857. The van der Waals surface area contributed by atoms with Gasteiger partial charge in [-0.15, -0.1) is 0 Å². The normalized spacial score (nSPS) is 14.7. The van der Waals surface area contributed by atoms with Gasteiger partial charge in [0, 0.05) is 37.1 Å². The first-order chi connectivity index (χ1) is 18.6. The lowest BCUT2D eigenvalue weighted by Gasteiger charge is -2.22. The molecule has 180 valence electrons. The SMILES string of the molecule is CC1(C)c2ccccc2-c2cc(-n3c4ccccc4c4c5cccc6c5n(c43)-c3ccccc3S6)ccc21. The zero-order valence-corrected chi connectivity index (χ0v) is 22.0. The summed E-state index contributed by atoms with van der Waals surface area (Å²) in [6, 6.07) is 40.5. The number of aromatic nitrogens is 2. The smallest absolute Gasteiger partial charge is 0.131 e.